The van der Waals surface area contributed by atoms with E-state index >= 15 is 0 Å². The predicted molar refractivity (Wildman–Crippen MR) is 75.7 cm³/mol. The summed E-state index contributed by atoms with van der Waals surface area (Å²) in [7, 11) is 0. The average molecular weight is 294 g/mol. The molecule has 0 radical (unpaired) electrons. The van der Waals surface area contributed by atoms with E-state index in [2.05, 4.69) is 16.1 Å². The number of halogens is 1. The molecule has 6 heteroatoms. The Kier molecular flexibility index (Phi) is 4.86. The maximum absolute atomic E-state index is 5.82. The minimum absolute atomic E-state index is 0.379. The smallest absolute Gasteiger partial charge is 0.244 e. The number of aromatic nitrogens is 2. The molecule has 19 heavy (non-hydrogen) atoms. The van der Waals surface area contributed by atoms with Crippen molar-refractivity contribution in [1.29, 1.82) is 0 Å². The first-order chi connectivity index (χ1) is 9.19. The zero-order valence-corrected chi connectivity index (χ0v) is 11.6. The van der Waals surface area contributed by atoms with Crippen molar-refractivity contribution >= 4 is 23.4 Å². The number of nitrogens with zero attached hydrogens (tertiary/aromatic N) is 2. The van der Waals surface area contributed by atoms with Crippen molar-refractivity contribution < 1.29 is 4.52 Å². The van der Waals surface area contributed by atoms with Gasteiger partial charge in [0.05, 0.1) is 11.8 Å². The number of hydrogen-bond acceptors (Lipinski definition) is 5. The fourth-order valence-electron chi connectivity index (χ4n) is 1.37. The molecule has 2 rings (SSSR count). The van der Waals surface area contributed by atoms with Crippen molar-refractivity contribution in [3.8, 4) is 12.3 Å². The van der Waals surface area contributed by atoms with Crippen LogP contribution >= 0.6 is 23.4 Å². The van der Waals surface area contributed by atoms with E-state index in [9.17, 15) is 0 Å². The van der Waals surface area contributed by atoms with Gasteiger partial charge in [-0.25, -0.2) is 0 Å². The van der Waals surface area contributed by atoms with Crippen LogP contribution in [0.25, 0.3) is 0 Å². The van der Waals surface area contributed by atoms with Crippen molar-refractivity contribution in [2.45, 2.75) is 23.1 Å². The largest absolute Gasteiger partial charge is 0.338 e. The Balaban J connectivity index is 1.93. The van der Waals surface area contributed by atoms with Gasteiger partial charge in [0, 0.05) is 16.3 Å². The summed E-state index contributed by atoms with van der Waals surface area (Å²) in [5, 5.41) is 4.58. The highest BCUT2D eigenvalue weighted by molar-refractivity contribution is 7.98. The fourth-order valence-corrected chi connectivity index (χ4v) is 2.24. The first kappa shape index (κ1) is 13.9. The van der Waals surface area contributed by atoms with Gasteiger partial charge in [-0.15, -0.1) is 24.1 Å². The van der Waals surface area contributed by atoms with Gasteiger partial charge < -0.3 is 10.3 Å². The third kappa shape index (κ3) is 4.00. The first-order valence-electron chi connectivity index (χ1n) is 5.59. The molecule has 0 aliphatic carbocycles. The van der Waals surface area contributed by atoms with Crippen molar-refractivity contribution in [2.75, 3.05) is 0 Å². The van der Waals surface area contributed by atoms with E-state index < -0.39 is 6.04 Å². The number of rotatable bonds is 5. The third-order valence-corrected chi connectivity index (χ3v) is 3.58. The normalized spacial score (nSPS) is 12.1. The Morgan fingerprint density at radius 2 is 2.16 bits per heavy atom. The monoisotopic (exact) mass is 293 g/mol. The average Bonchev–Trinajstić information content (AvgIpc) is 2.87. The summed E-state index contributed by atoms with van der Waals surface area (Å²) in [6, 6.07) is 7.17. The van der Waals surface area contributed by atoms with Gasteiger partial charge in [-0.05, 0) is 24.3 Å². The van der Waals surface area contributed by atoms with Crippen LogP contribution in [-0.2, 0) is 5.75 Å². The van der Waals surface area contributed by atoms with Gasteiger partial charge in [0.15, 0.2) is 5.82 Å². The highest BCUT2D eigenvalue weighted by Crippen LogP contribution is 2.23. The summed E-state index contributed by atoms with van der Waals surface area (Å²) in [4.78, 5) is 5.30. The molecule has 2 N–H and O–H groups in total. The standard InChI is InChI=1S/C13H12ClN3OS/c1-2-3-11(15)13-16-12(17-18-13)8-19-10-6-4-9(14)5-7-10/h1,4-7,11H,3,8,15H2. The number of hydrogen-bond donors (Lipinski definition) is 1. The summed E-state index contributed by atoms with van der Waals surface area (Å²) in [6.45, 7) is 0. The molecule has 1 unspecified atom stereocenters. The van der Waals surface area contributed by atoms with E-state index in [-0.39, 0.29) is 0 Å². The molecule has 0 amide bonds. The Labute approximate surface area is 120 Å². The van der Waals surface area contributed by atoms with Crippen molar-refractivity contribution in [2.24, 2.45) is 5.73 Å². The Hall–Kier alpha value is -1.48. The van der Waals surface area contributed by atoms with Gasteiger partial charge in [0.1, 0.15) is 0 Å². The van der Waals surface area contributed by atoms with Gasteiger partial charge in [-0.1, -0.05) is 16.8 Å². The molecule has 0 aliphatic rings. The number of benzene rings is 1. The van der Waals surface area contributed by atoms with E-state index in [1.54, 1.807) is 11.8 Å². The van der Waals surface area contributed by atoms with Crippen LogP contribution in [0.15, 0.2) is 33.7 Å². The summed E-state index contributed by atoms with van der Waals surface area (Å²) in [5.41, 5.74) is 5.78. The molecule has 0 aliphatic heterocycles. The van der Waals surface area contributed by atoms with Crippen molar-refractivity contribution in [1.82, 2.24) is 10.1 Å². The molecule has 0 saturated heterocycles. The highest BCUT2D eigenvalue weighted by atomic mass is 35.5. The van der Waals surface area contributed by atoms with Crippen LogP contribution < -0.4 is 5.73 Å². The zero-order chi connectivity index (χ0) is 13.7. The molecular weight excluding hydrogens is 282 g/mol. The molecule has 1 atom stereocenters. The molecule has 1 aromatic carbocycles. The summed E-state index contributed by atoms with van der Waals surface area (Å²) in [5.74, 6) is 4.05. The zero-order valence-electron chi connectivity index (χ0n) is 10.0. The molecule has 0 fully saturated rings. The van der Waals surface area contributed by atoms with Gasteiger partial charge >= 0.3 is 0 Å². The van der Waals surface area contributed by atoms with Crippen LogP contribution in [-0.4, -0.2) is 10.1 Å². The van der Waals surface area contributed by atoms with E-state index in [0.717, 1.165) is 4.90 Å². The number of terminal acetylenes is 1. The van der Waals surface area contributed by atoms with Crippen LogP contribution in [0, 0.1) is 12.3 Å². The third-order valence-electron chi connectivity index (χ3n) is 2.32. The molecule has 1 heterocycles. The maximum Gasteiger partial charge on any atom is 0.244 e. The molecule has 2 aromatic rings. The van der Waals surface area contributed by atoms with E-state index in [4.69, 9.17) is 28.3 Å². The lowest BCUT2D eigenvalue weighted by molar-refractivity contribution is 0.353. The molecule has 98 valence electrons. The van der Waals surface area contributed by atoms with Crippen LogP contribution in [0.3, 0.4) is 0 Å². The van der Waals surface area contributed by atoms with Crippen LogP contribution in [0.4, 0.5) is 0 Å². The van der Waals surface area contributed by atoms with Gasteiger partial charge in [-0.2, -0.15) is 4.98 Å². The van der Waals surface area contributed by atoms with E-state index in [1.165, 1.54) is 0 Å². The molecule has 1 aromatic heterocycles. The van der Waals surface area contributed by atoms with Crippen molar-refractivity contribution in [3.63, 3.8) is 0 Å². The van der Waals surface area contributed by atoms with E-state index in [0.29, 0.717) is 28.9 Å². The van der Waals surface area contributed by atoms with Crippen LogP contribution in [0.5, 0.6) is 0 Å². The highest BCUT2D eigenvalue weighted by Gasteiger charge is 2.13. The Morgan fingerprint density at radius 1 is 1.42 bits per heavy atom. The molecule has 0 saturated carbocycles. The van der Waals surface area contributed by atoms with Gasteiger partial charge in [0.25, 0.3) is 0 Å². The second-order valence-corrected chi connectivity index (χ2v) is 5.29. The number of nitrogens with two attached hydrogens (primary N) is 1. The summed E-state index contributed by atoms with van der Waals surface area (Å²) >= 11 is 7.41. The molecule has 0 bridgehead atoms. The van der Waals surface area contributed by atoms with Gasteiger partial charge in [-0.3, -0.25) is 0 Å². The minimum Gasteiger partial charge on any atom is -0.338 e. The first-order valence-corrected chi connectivity index (χ1v) is 6.95. The summed E-state index contributed by atoms with van der Waals surface area (Å²) in [6.07, 6.45) is 5.57. The van der Waals surface area contributed by atoms with E-state index in [1.807, 2.05) is 24.3 Å². The second-order valence-electron chi connectivity index (χ2n) is 3.81. The summed E-state index contributed by atoms with van der Waals surface area (Å²) < 4.78 is 5.07. The maximum atomic E-state index is 5.82. The predicted octanol–water partition coefficient (Wildman–Crippen LogP) is 3.04. The fraction of sp³-hybridized carbons (Fsp3) is 0.231. The second kappa shape index (κ2) is 6.62. The lowest BCUT2D eigenvalue weighted by Crippen LogP contribution is -2.09. The number of thioether (sulfide) groups is 1. The molecule has 4 nitrogen and oxygen atoms in total. The Bertz CT molecular complexity index is 576. The quantitative estimate of drug-likeness (QED) is 0.678. The SMILES string of the molecule is C#CCC(N)c1nc(CSc2ccc(Cl)cc2)no1. The molecular formula is C13H12ClN3OS. The van der Waals surface area contributed by atoms with Crippen LogP contribution in [0.2, 0.25) is 5.02 Å². The lowest BCUT2D eigenvalue weighted by atomic mass is 10.2. The van der Waals surface area contributed by atoms with Gasteiger partial charge in [0.2, 0.25) is 5.89 Å². The molecule has 0 spiro atoms. The van der Waals surface area contributed by atoms with Crippen molar-refractivity contribution in [3.05, 3.63) is 41.0 Å². The Morgan fingerprint density at radius 3 is 2.84 bits per heavy atom. The minimum atomic E-state index is -0.396. The lowest BCUT2D eigenvalue weighted by Gasteiger charge is -1.99. The van der Waals surface area contributed by atoms with Crippen LogP contribution in [0.1, 0.15) is 24.2 Å². The topological polar surface area (TPSA) is 64.9 Å².